The van der Waals surface area contributed by atoms with Crippen LogP contribution in [0.5, 0.6) is 17.2 Å². The highest BCUT2D eigenvalue weighted by Crippen LogP contribution is 2.32. The number of nitrogens with zero attached hydrogens (tertiary/aromatic N) is 2. The fourth-order valence-corrected chi connectivity index (χ4v) is 5.52. The van der Waals surface area contributed by atoms with E-state index in [1.807, 2.05) is 6.92 Å². The number of hydrazone groups is 1. The van der Waals surface area contributed by atoms with Gasteiger partial charge in [-0.05, 0) is 92.2 Å². The second-order valence-electron chi connectivity index (χ2n) is 9.65. The van der Waals surface area contributed by atoms with E-state index in [1.165, 1.54) is 18.3 Å². The average Bonchev–Trinajstić information content (AvgIpc) is 3.04. The largest absolute Gasteiger partial charge is 0.497 e. The Morgan fingerprint density at radius 1 is 0.844 bits per heavy atom. The number of ether oxygens (including phenoxy) is 3. The van der Waals surface area contributed by atoms with Gasteiger partial charge in [0, 0.05) is 5.69 Å². The molecular weight excluding hydrogens is 596 g/mol. The Bertz CT molecular complexity index is 1720. The second kappa shape index (κ2) is 15.4. The van der Waals surface area contributed by atoms with E-state index in [2.05, 4.69) is 15.8 Å². The summed E-state index contributed by atoms with van der Waals surface area (Å²) in [5.41, 5.74) is 4.77. The van der Waals surface area contributed by atoms with Crippen LogP contribution in [0.3, 0.4) is 0 Å². The molecule has 0 spiro atoms. The Hall–Kier alpha value is -5.36. The lowest BCUT2D eigenvalue weighted by Gasteiger charge is -2.25. The van der Waals surface area contributed by atoms with Crippen molar-refractivity contribution in [2.75, 3.05) is 36.5 Å². The van der Waals surface area contributed by atoms with Crippen LogP contribution in [0.25, 0.3) is 0 Å². The summed E-state index contributed by atoms with van der Waals surface area (Å²) in [5, 5.41) is 6.72. The highest BCUT2D eigenvalue weighted by Gasteiger charge is 2.29. The lowest BCUT2D eigenvalue weighted by molar-refractivity contribution is -0.119. The fraction of sp³-hybridized carbons (Fsp3) is 0.182. The number of aryl methyl sites for hydroxylation is 1. The monoisotopic (exact) mass is 630 g/mol. The lowest BCUT2D eigenvalue weighted by atomic mass is 10.2. The first-order valence-electron chi connectivity index (χ1n) is 14.0. The maximum absolute atomic E-state index is 13.7. The van der Waals surface area contributed by atoms with Crippen molar-refractivity contribution in [3.63, 3.8) is 0 Å². The van der Waals surface area contributed by atoms with Crippen LogP contribution in [-0.4, -0.2) is 53.3 Å². The summed E-state index contributed by atoms with van der Waals surface area (Å²) >= 11 is 0. The molecule has 4 rings (SSSR count). The third-order valence-corrected chi connectivity index (χ3v) is 8.13. The minimum absolute atomic E-state index is 0.0382. The van der Waals surface area contributed by atoms with Crippen molar-refractivity contribution in [2.24, 2.45) is 5.10 Å². The zero-order chi connectivity index (χ0) is 32.2. The van der Waals surface area contributed by atoms with Gasteiger partial charge in [-0.3, -0.25) is 13.9 Å². The normalized spacial score (nSPS) is 11.1. The topological polar surface area (TPSA) is 136 Å². The molecule has 0 bridgehead atoms. The maximum atomic E-state index is 13.7. The summed E-state index contributed by atoms with van der Waals surface area (Å²) < 4.78 is 44.7. The molecule has 2 N–H and O–H groups in total. The number of rotatable bonds is 14. The van der Waals surface area contributed by atoms with Crippen molar-refractivity contribution >= 4 is 39.4 Å². The number of carbonyl (C=O) groups is 2. The van der Waals surface area contributed by atoms with Crippen LogP contribution in [-0.2, 0) is 19.6 Å². The highest BCUT2D eigenvalue weighted by molar-refractivity contribution is 7.92. The molecule has 12 heteroatoms. The molecule has 234 valence electrons. The summed E-state index contributed by atoms with van der Waals surface area (Å²) in [4.78, 5) is 25.2. The minimum atomic E-state index is -4.13. The summed E-state index contributed by atoms with van der Waals surface area (Å²) in [6.45, 7) is 3.23. The molecule has 0 aliphatic heterocycles. The number of carbonyl (C=O) groups excluding carboxylic acids is 2. The molecule has 0 atom stereocenters. The predicted octanol–water partition coefficient (Wildman–Crippen LogP) is 4.77. The zero-order valence-corrected chi connectivity index (χ0v) is 25.9. The third kappa shape index (κ3) is 9.07. The first-order valence-corrected chi connectivity index (χ1v) is 15.4. The molecule has 0 heterocycles. The van der Waals surface area contributed by atoms with Gasteiger partial charge in [0.15, 0.2) is 6.61 Å². The third-order valence-electron chi connectivity index (χ3n) is 6.36. The number of hydrogen-bond acceptors (Lipinski definition) is 8. The van der Waals surface area contributed by atoms with E-state index >= 15 is 0 Å². The molecule has 4 aromatic carbocycles. The van der Waals surface area contributed by atoms with Crippen molar-refractivity contribution in [3.8, 4) is 17.2 Å². The molecule has 11 nitrogen and oxygen atoms in total. The molecule has 0 aliphatic rings. The average molecular weight is 631 g/mol. The molecular formula is C33H34N4O7S. The van der Waals surface area contributed by atoms with Crippen LogP contribution in [0.4, 0.5) is 11.4 Å². The smallest absolute Gasteiger partial charge is 0.264 e. The molecule has 0 aromatic heterocycles. The van der Waals surface area contributed by atoms with E-state index in [0.29, 0.717) is 35.1 Å². The van der Waals surface area contributed by atoms with Gasteiger partial charge in [-0.2, -0.15) is 5.10 Å². The first kappa shape index (κ1) is 32.6. The van der Waals surface area contributed by atoms with Crippen molar-refractivity contribution in [1.29, 1.82) is 0 Å². The Balaban J connectivity index is 1.37. The number of hydrogen-bond donors (Lipinski definition) is 2. The molecule has 45 heavy (non-hydrogen) atoms. The van der Waals surface area contributed by atoms with Gasteiger partial charge in [0.2, 0.25) is 0 Å². The molecule has 2 amide bonds. The standard InChI is InChI=1S/C33H34N4O7S/c1-4-43-31-8-6-5-7-30(31)37(45(40,41)29-19-9-24(2)10-20-29)22-32(38)36-34-21-25-11-15-28(16-12-25)44-23-33(39)35-26-13-17-27(42-3)18-14-26/h5-21H,4,22-23H2,1-3H3,(H,35,39)(H,36,38)/b34-21-. The number of nitrogens with one attached hydrogen (secondary N) is 2. The van der Waals surface area contributed by atoms with Gasteiger partial charge in [-0.15, -0.1) is 0 Å². The van der Waals surface area contributed by atoms with Crippen molar-refractivity contribution in [1.82, 2.24) is 5.43 Å². The van der Waals surface area contributed by atoms with Gasteiger partial charge < -0.3 is 19.5 Å². The van der Waals surface area contributed by atoms with Gasteiger partial charge in [-0.1, -0.05) is 29.8 Å². The van der Waals surface area contributed by atoms with Crippen LogP contribution in [0.15, 0.2) is 107 Å². The maximum Gasteiger partial charge on any atom is 0.264 e. The van der Waals surface area contributed by atoms with E-state index in [9.17, 15) is 18.0 Å². The Labute approximate surface area is 262 Å². The van der Waals surface area contributed by atoms with Crippen LogP contribution in [0, 0.1) is 6.92 Å². The SMILES string of the molecule is CCOc1ccccc1N(CC(=O)N/N=C\c1ccc(OCC(=O)Nc2ccc(OC)cc2)cc1)S(=O)(=O)c1ccc(C)cc1. The number of benzene rings is 4. The summed E-state index contributed by atoms with van der Waals surface area (Å²) in [6, 6.07) is 26.6. The number of para-hydroxylation sites is 2. The second-order valence-corrected chi connectivity index (χ2v) is 11.5. The van der Waals surface area contributed by atoms with Gasteiger partial charge in [0.05, 0.1) is 30.5 Å². The van der Waals surface area contributed by atoms with Crippen LogP contribution in [0.1, 0.15) is 18.1 Å². The summed E-state index contributed by atoms with van der Waals surface area (Å²) in [6.07, 6.45) is 1.41. The quantitative estimate of drug-likeness (QED) is 0.151. The van der Waals surface area contributed by atoms with E-state index < -0.39 is 22.5 Å². The van der Waals surface area contributed by atoms with Gasteiger partial charge in [-0.25, -0.2) is 13.8 Å². The molecule has 0 saturated heterocycles. The van der Waals surface area contributed by atoms with Crippen molar-refractivity contribution < 1.29 is 32.2 Å². The zero-order valence-electron chi connectivity index (χ0n) is 25.1. The molecule has 0 fully saturated rings. The van der Waals surface area contributed by atoms with Gasteiger partial charge in [0.1, 0.15) is 23.8 Å². The van der Waals surface area contributed by atoms with Crippen LogP contribution < -0.4 is 29.3 Å². The van der Waals surface area contributed by atoms with E-state index in [1.54, 1.807) is 99.0 Å². The van der Waals surface area contributed by atoms with E-state index in [-0.39, 0.29) is 23.1 Å². The molecule has 0 aliphatic carbocycles. The molecule has 4 aromatic rings. The molecule has 0 radical (unpaired) electrons. The summed E-state index contributed by atoms with van der Waals surface area (Å²) in [7, 11) is -2.56. The van der Waals surface area contributed by atoms with Gasteiger partial charge >= 0.3 is 0 Å². The number of sulfonamides is 1. The highest BCUT2D eigenvalue weighted by atomic mass is 32.2. The lowest BCUT2D eigenvalue weighted by Crippen LogP contribution is -2.39. The first-order chi connectivity index (χ1) is 21.7. The Morgan fingerprint density at radius 3 is 2.18 bits per heavy atom. The van der Waals surface area contributed by atoms with Gasteiger partial charge in [0.25, 0.3) is 21.8 Å². The molecule has 0 unspecified atom stereocenters. The molecule has 0 saturated carbocycles. The Morgan fingerprint density at radius 2 is 1.51 bits per heavy atom. The number of methoxy groups -OCH3 is 1. The van der Waals surface area contributed by atoms with Crippen LogP contribution >= 0.6 is 0 Å². The summed E-state index contributed by atoms with van der Waals surface area (Å²) in [5.74, 6) is 0.495. The Kier molecular flexibility index (Phi) is 11.1. The van der Waals surface area contributed by atoms with Crippen molar-refractivity contribution in [3.05, 3.63) is 108 Å². The van der Waals surface area contributed by atoms with E-state index in [4.69, 9.17) is 14.2 Å². The van der Waals surface area contributed by atoms with E-state index in [0.717, 1.165) is 9.87 Å². The predicted molar refractivity (Wildman–Crippen MR) is 173 cm³/mol. The number of anilines is 2. The fourth-order valence-electron chi connectivity index (χ4n) is 4.09. The number of amides is 2. The van der Waals surface area contributed by atoms with Crippen LogP contribution in [0.2, 0.25) is 0 Å². The minimum Gasteiger partial charge on any atom is -0.497 e. The van der Waals surface area contributed by atoms with Crippen molar-refractivity contribution in [2.45, 2.75) is 18.7 Å².